The van der Waals surface area contributed by atoms with Crippen LogP contribution in [0.1, 0.15) is 32.0 Å². The van der Waals surface area contributed by atoms with Gasteiger partial charge in [0.15, 0.2) is 5.69 Å². The van der Waals surface area contributed by atoms with Crippen LogP contribution in [0.2, 0.25) is 0 Å². The van der Waals surface area contributed by atoms with E-state index in [4.69, 9.17) is 9.47 Å². The maximum Gasteiger partial charge on any atom is 0.228 e. The standard InChI is InChI=1S/C21H22N4O4S/c1-21(2,3)14-6-9-16(10-7-14)30(26,27)20-18(13-22)25(24-23-20)17-12-15(28-4)8-11-19(17)29-5/h6-12H,1-5H3. The minimum atomic E-state index is -4.06. The molecule has 0 fully saturated rings. The predicted octanol–water partition coefficient (Wildman–Crippen LogP) is 3.29. The van der Waals surface area contributed by atoms with Gasteiger partial charge in [0.25, 0.3) is 0 Å². The topological polar surface area (TPSA) is 107 Å². The molecule has 8 nitrogen and oxygen atoms in total. The number of hydrogen-bond acceptors (Lipinski definition) is 7. The highest BCUT2D eigenvalue weighted by atomic mass is 32.2. The van der Waals surface area contributed by atoms with Gasteiger partial charge in [-0.25, -0.2) is 8.42 Å². The maximum atomic E-state index is 13.2. The second kappa shape index (κ2) is 7.80. The van der Waals surface area contributed by atoms with Crippen LogP contribution in [0.15, 0.2) is 52.4 Å². The van der Waals surface area contributed by atoms with E-state index < -0.39 is 14.9 Å². The van der Waals surface area contributed by atoms with Gasteiger partial charge in [-0.3, -0.25) is 0 Å². The van der Waals surface area contributed by atoms with Gasteiger partial charge in [-0.05, 0) is 35.2 Å². The first-order valence-electron chi connectivity index (χ1n) is 9.07. The Labute approximate surface area is 175 Å². The lowest BCUT2D eigenvalue weighted by molar-refractivity contribution is 0.400. The van der Waals surface area contributed by atoms with Gasteiger partial charge in [0.2, 0.25) is 14.9 Å². The van der Waals surface area contributed by atoms with Crippen LogP contribution < -0.4 is 9.47 Å². The van der Waals surface area contributed by atoms with Crippen molar-refractivity contribution >= 4 is 9.84 Å². The summed E-state index contributed by atoms with van der Waals surface area (Å²) in [4.78, 5) is 0.0386. The first kappa shape index (κ1) is 21.3. The lowest BCUT2D eigenvalue weighted by atomic mass is 9.87. The van der Waals surface area contributed by atoms with Crippen LogP contribution in [-0.2, 0) is 15.3 Å². The van der Waals surface area contributed by atoms with Crippen molar-refractivity contribution in [3.8, 4) is 23.3 Å². The quantitative estimate of drug-likeness (QED) is 0.616. The molecule has 0 aliphatic carbocycles. The van der Waals surface area contributed by atoms with Gasteiger partial charge in [-0.2, -0.15) is 9.94 Å². The molecule has 0 spiro atoms. The van der Waals surface area contributed by atoms with E-state index >= 15 is 0 Å². The third-order valence-corrected chi connectivity index (χ3v) is 6.32. The van der Waals surface area contributed by atoms with E-state index in [0.717, 1.165) is 10.2 Å². The van der Waals surface area contributed by atoms with Crippen LogP contribution >= 0.6 is 0 Å². The van der Waals surface area contributed by atoms with Crippen molar-refractivity contribution in [2.75, 3.05) is 14.2 Å². The Morgan fingerprint density at radius 1 is 1.03 bits per heavy atom. The third-order valence-electron chi connectivity index (χ3n) is 4.64. The van der Waals surface area contributed by atoms with E-state index in [1.54, 1.807) is 30.3 Å². The lowest BCUT2D eigenvalue weighted by Crippen LogP contribution is -2.12. The summed E-state index contributed by atoms with van der Waals surface area (Å²) in [6.07, 6.45) is 0. The number of nitriles is 1. The van der Waals surface area contributed by atoms with Crippen molar-refractivity contribution in [1.29, 1.82) is 5.26 Å². The molecule has 0 saturated carbocycles. The predicted molar refractivity (Wildman–Crippen MR) is 110 cm³/mol. The molecule has 2 aromatic carbocycles. The summed E-state index contributed by atoms with van der Waals surface area (Å²) in [7, 11) is -1.10. The average Bonchev–Trinajstić information content (AvgIpc) is 3.17. The highest BCUT2D eigenvalue weighted by Crippen LogP contribution is 2.31. The number of sulfone groups is 1. The highest BCUT2D eigenvalue weighted by Gasteiger charge is 2.29. The summed E-state index contributed by atoms with van der Waals surface area (Å²) >= 11 is 0. The number of rotatable bonds is 5. The molecule has 3 rings (SSSR count). The van der Waals surface area contributed by atoms with E-state index in [0.29, 0.717) is 17.2 Å². The fourth-order valence-electron chi connectivity index (χ4n) is 2.92. The van der Waals surface area contributed by atoms with Crippen LogP contribution in [-0.4, -0.2) is 37.6 Å². The van der Waals surface area contributed by atoms with E-state index in [1.807, 2.05) is 26.8 Å². The SMILES string of the molecule is COc1ccc(OC)c(-n2nnc(S(=O)(=O)c3ccc(C(C)(C)C)cc3)c2C#N)c1. The Kier molecular flexibility index (Phi) is 5.55. The van der Waals surface area contributed by atoms with E-state index in [9.17, 15) is 13.7 Å². The Morgan fingerprint density at radius 3 is 2.23 bits per heavy atom. The number of aromatic nitrogens is 3. The number of benzene rings is 2. The van der Waals surface area contributed by atoms with Gasteiger partial charge in [-0.1, -0.05) is 38.1 Å². The molecule has 0 bridgehead atoms. The van der Waals surface area contributed by atoms with Crippen LogP contribution in [0.5, 0.6) is 11.5 Å². The second-order valence-electron chi connectivity index (χ2n) is 7.58. The van der Waals surface area contributed by atoms with Crippen LogP contribution in [0, 0.1) is 11.3 Å². The zero-order chi connectivity index (χ0) is 22.1. The normalized spacial score (nSPS) is 11.7. The molecule has 0 saturated heterocycles. The minimum Gasteiger partial charge on any atom is -0.497 e. The fraction of sp³-hybridized carbons (Fsp3) is 0.286. The van der Waals surface area contributed by atoms with Crippen molar-refractivity contribution in [3.63, 3.8) is 0 Å². The molecule has 1 heterocycles. The first-order chi connectivity index (χ1) is 14.1. The summed E-state index contributed by atoms with van der Waals surface area (Å²) in [5.41, 5.74) is 0.991. The number of ether oxygens (including phenoxy) is 2. The van der Waals surface area contributed by atoms with Gasteiger partial charge in [0.1, 0.15) is 23.3 Å². The molecular formula is C21H22N4O4S. The van der Waals surface area contributed by atoms with E-state index in [-0.39, 0.29) is 16.0 Å². The summed E-state index contributed by atoms with van der Waals surface area (Å²) < 4.78 is 38.0. The fourth-order valence-corrected chi connectivity index (χ4v) is 4.17. The Bertz CT molecular complexity index is 1220. The molecule has 156 valence electrons. The Balaban J connectivity index is 2.14. The molecule has 0 N–H and O–H groups in total. The Hall–Kier alpha value is -3.38. The number of methoxy groups -OCH3 is 2. The van der Waals surface area contributed by atoms with Gasteiger partial charge in [-0.15, -0.1) is 5.10 Å². The number of nitrogens with zero attached hydrogens (tertiary/aromatic N) is 4. The summed E-state index contributed by atoms with van der Waals surface area (Å²) in [6.45, 7) is 6.12. The van der Waals surface area contributed by atoms with Crippen molar-refractivity contribution in [2.24, 2.45) is 0 Å². The van der Waals surface area contributed by atoms with E-state index in [1.165, 1.54) is 26.4 Å². The lowest BCUT2D eigenvalue weighted by Gasteiger charge is -2.19. The molecule has 0 unspecified atom stereocenters. The van der Waals surface area contributed by atoms with Crippen molar-refractivity contribution in [3.05, 3.63) is 53.7 Å². The summed E-state index contributed by atoms with van der Waals surface area (Å²) in [5, 5.41) is 17.0. The average molecular weight is 426 g/mol. The van der Waals surface area contributed by atoms with Crippen LogP contribution in [0.25, 0.3) is 5.69 Å². The molecule has 0 aliphatic rings. The van der Waals surface area contributed by atoms with Crippen molar-refractivity contribution < 1.29 is 17.9 Å². The first-order valence-corrected chi connectivity index (χ1v) is 10.6. The molecule has 1 aromatic heterocycles. The smallest absolute Gasteiger partial charge is 0.228 e. The molecule has 0 radical (unpaired) electrons. The zero-order valence-electron chi connectivity index (χ0n) is 17.4. The summed E-state index contributed by atoms with van der Waals surface area (Å²) in [5.74, 6) is 0.878. The minimum absolute atomic E-state index is 0.0386. The van der Waals surface area contributed by atoms with Crippen LogP contribution in [0.3, 0.4) is 0 Å². The number of hydrogen-bond donors (Lipinski definition) is 0. The van der Waals surface area contributed by atoms with Gasteiger partial charge in [0.05, 0.1) is 19.1 Å². The maximum absolute atomic E-state index is 13.2. The van der Waals surface area contributed by atoms with Gasteiger partial charge in [0, 0.05) is 6.07 Å². The molecule has 0 aliphatic heterocycles. The molecule has 30 heavy (non-hydrogen) atoms. The third kappa shape index (κ3) is 3.74. The molecular weight excluding hydrogens is 404 g/mol. The largest absolute Gasteiger partial charge is 0.497 e. The van der Waals surface area contributed by atoms with Crippen LogP contribution in [0.4, 0.5) is 0 Å². The molecule has 9 heteroatoms. The second-order valence-corrected chi connectivity index (χ2v) is 9.45. The van der Waals surface area contributed by atoms with Crippen molar-refractivity contribution in [1.82, 2.24) is 15.0 Å². The Morgan fingerprint density at radius 2 is 1.70 bits per heavy atom. The van der Waals surface area contributed by atoms with E-state index in [2.05, 4.69) is 10.3 Å². The zero-order valence-corrected chi connectivity index (χ0v) is 18.2. The highest BCUT2D eigenvalue weighted by molar-refractivity contribution is 7.91. The van der Waals surface area contributed by atoms with Gasteiger partial charge >= 0.3 is 0 Å². The molecule has 0 atom stereocenters. The monoisotopic (exact) mass is 426 g/mol. The molecule has 0 amide bonds. The van der Waals surface area contributed by atoms with Crippen molar-refractivity contribution in [2.45, 2.75) is 36.1 Å². The molecule has 3 aromatic rings. The van der Waals surface area contributed by atoms with Gasteiger partial charge < -0.3 is 9.47 Å². The summed E-state index contributed by atoms with van der Waals surface area (Å²) in [6, 6.07) is 13.4.